The lowest BCUT2D eigenvalue weighted by atomic mass is 10.0. The minimum atomic E-state index is -4.65. The van der Waals surface area contributed by atoms with Crippen LogP contribution in [0.15, 0.2) is 102 Å². The van der Waals surface area contributed by atoms with E-state index in [9.17, 15) is 28.1 Å². The molecule has 13 heteroatoms. The standard InChI is InChI=1S/C35H37ClN4O7S/c1-4-19-37-35(42)32(20-26-11-7-5-8-12-26)38(23-27-13-9-6-10-14-27)34(41)24-39(31-21-28(36)16-18-33(31)47-3)48(45,46)29-17-15-25(2)30(22-29)40(43)44/h5-18,21-22,32H,4,19-20,23-24H2,1-3H3,(H,37,42). The summed E-state index contributed by atoms with van der Waals surface area (Å²) >= 11 is 6.32. The molecule has 0 fully saturated rings. The van der Waals surface area contributed by atoms with E-state index < -0.39 is 49.9 Å². The number of hydrogen-bond acceptors (Lipinski definition) is 7. The van der Waals surface area contributed by atoms with Crippen molar-refractivity contribution in [3.8, 4) is 5.75 Å². The zero-order chi connectivity index (χ0) is 34.8. The monoisotopic (exact) mass is 692 g/mol. The molecule has 0 spiro atoms. The van der Waals surface area contributed by atoms with Crippen LogP contribution in [-0.2, 0) is 32.6 Å². The van der Waals surface area contributed by atoms with Gasteiger partial charge >= 0.3 is 0 Å². The number of nitrogens with zero attached hydrogens (tertiary/aromatic N) is 3. The summed E-state index contributed by atoms with van der Waals surface area (Å²) in [6.07, 6.45) is 0.825. The van der Waals surface area contributed by atoms with Crippen molar-refractivity contribution >= 4 is 44.8 Å². The van der Waals surface area contributed by atoms with E-state index in [1.807, 2.05) is 55.5 Å². The minimum absolute atomic E-state index is 0.00666. The van der Waals surface area contributed by atoms with Gasteiger partial charge < -0.3 is 15.0 Å². The van der Waals surface area contributed by atoms with E-state index in [-0.39, 0.29) is 35.0 Å². The molecule has 0 saturated carbocycles. The Balaban J connectivity index is 1.87. The highest BCUT2D eigenvalue weighted by Crippen LogP contribution is 2.36. The van der Waals surface area contributed by atoms with E-state index in [2.05, 4.69) is 5.32 Å². The summed E-state index contributed by atoms with van der Waals surface area (Å²) in [5.41, 5.74) is 1.32. The van der Waals surface area contributed by atoms with Gasteiger partial charge in [0.15, 0.2) is 0 Å². The Kier molecular flexibility index (Phi) is 12.2. The molecular formula is C35H37ClN4O7S. The number of anilines is 1. The Hall–Kier alpha value is -4.94. The van der Waals surface area contributed by atoms with Crippen LogP contribution in [0.4, 0.5) is 11.4 Å². The Morgan fingerprint density at radius 2 is 1.60 bits per heavy atom. The first-order valence-electron chi connectivity index (χ1n) is 15.2. The summed E-state index contributed by atoms with van der Waals surface area (Å²) < 4.78 is 35.1. The molecule has 4 aromatic carbocycles. The third kappa shape index (κ3) is 8.69. The van der Waals surface area contributed by atoms with E-state index >= 15 is 0 Å². The number of rotatable bonds is 15. The molecule has 0 aliphatic rings. The highest BCUT2D eigenvalue weighted by atomic mass is 35.5. The van der Waals surface area contributed by atoms with Crippen molar-refractivity contribution in [2.75, 3.05) is 24.5 Å². The average molecular weight is 693 g/mol. The maximum absolute atomic E-state index is 14.6. The smallest absolute Gasteiger partial charge is 0.273 e. The first-order valence-corrected chi connectivity index (χ1v) is 17.0. The van der Waals surface area contributed by atoms with Gasteiger partial charge in [0.1, 0.15) is 18.3 Å². The molecule has 1 N–H and O–H groups in total. The third-order valence-electron chi connectivity index (χ3n) is 7.67. The predicted octanol–water partition coefficient (Wildman–Crippen LogP) is 5.93. The Bertz CT molecular complexity index is 1860. The lowest BCUT2D eigenvalue weighted by Crippen LogP contribution is -2.53. The minimum Gasteiger partial charge on any atom is -0.495 e. The van der Waals surface area contributed by atoms with Crippen molar-refractivity contribution in [2.45, 2.75) is 44.2 Å². The van der Waals surface area contributed by atoms with E-state index in [1.165, 1.54) is 49.3 Å². The number of hydrogen-bond donors (Lipinski definition) is 1. The number of nitro groups is 1. The van der Waals surface area contributed by atoms with Gasteiger partial charge in [-0.05, 0) is 48.7 Å². The van der Waals surface area contributed by atoms with Gasteiger partial charge in [0.2, 0.25) is 11.8 Å². The van der Waals surface area contributed by atoms with Crippen LogP contribution in [0.1, 0.15) is 30.0 Å². The topological polar surface area (TPSA) is 139 Å². The molecule has 4 aromatic rings. The summed E-state index contributed by atoms with van der Waals surface area (Å²) in [6, 6.07) is 25.1. The molecule has 11 nitrogen and oxygen atoms in total. The predicted molar refractivity (Wildman–Crippen MR) is 185 cm³/mol. The van der Waals surface area contributed by atoms with Gasteiger partial charge in [0, 0.05) is 36.2 Å². The van der Waals surface area contributed by atoms with Crippen LogP contribution in [0, 0.1) is 17.0 Å². The normalized spacial score (nSPS) is 11.8. The number of ether oxygens (including phenoxy) is 1. The van der Waals surface area contributed by atoms with E-state index in [0.29, 0.717) is 13.0 Å². The quantitative estimate of drug-likeness (QED) is 0.120. The molecule has 0 radical (unpaired) electrons. The number of sulfonamides is 1. The Morgan fingerprint density at radius 3 is 2.21 bits per heavy atom. The highest BCUT2D eigenvalue weighted by Gasteiger charge is 2.36. The van der Waals surface area contributed by atoms with Crippen molar-refractivity contribution in [1.29, 1.82) is 0 Å². The van der Waals surface area contributed by atoms with Crippen LogP contribution >= 0.6 is 11.6 Å². The van der Waals surface area contributed by atoms with Gasteiger partial charge in [-0.25, -0.2) is 8.42 Å². The Labute approximate surface area is 285 Å². The molecule has 0 bridgehead atoms. The molecule has 0 aromatic heterocycles. The number of nitro benzene ring substituents is 1. The number of methoxy groups -OCH3 is 1. The molecule has 48 heavy (non-hydrogen) atoms. The molecule has 0 aliphatic carbocycles. The van der Waals surface area contributed by atoms with Crippen LogP contribution in [0.5, 0.6) is 5.75 Å². The molecule has 4 rings (SSSR count). The molecule has 2 amide bonds. The van der Waals surface area contributed by atoms with Crippen molar-refractivity contribution in [2.24, 2.45) is 0 Å². The van der Waals surface area contributed by atoms with Gasteiger partial charge in [-0.15, -0.1) is 0 Å². The molecule has 0 heterocycles. The van der Waals surface area contributed by atoms with Crippen LogP contribution in [0.25, 0.3) is 0 Å². The number of aryl methyl sites for hydroxylation is 1. The summed E-state index contributed by atoms with van der Waals surface area (Å²) in [6.45, 7) is 3.00. The average Bonchev–Trinajstić information content (AvgIpc) is 3.08. The van der Waals surface area contributed by atoms with Gasteiger partial charge in [0.25, 0.3) is 15.7 Å². The first kappa shape index (κ1) is 35.9. The van der Waals surface area contributed by atoms with Crippen molar-refractivity contribution < 1.29 is 27.7 Å². The van der Waals surface area contributed by atoms with Gasteiger partial charge in [-0.2, -0.15) is 0 Å². The van der Waals surface area contributed by atoms with Crippen molar-refractivity contribution in [3.05, 3.63) is 129 Å². The highest BCUT2D eigenvalue weighted by molar-refractivity contribution is 7.92. The fourth-order valence-electron chi connectivity index (χ4n) is 5.15. The van der Waals surface area contributed by atoms with E-state index in [4.69, 9.17) is 16.3 Å². The molecule has 1 unspecified atom stereocenters. The molecule has 0 aliphatic heterocycles. The van der Waals surface area contributed by atoms with E-state index in [1.54, 1.807) is 12.1 Å². The Morgan fingerprint density at radius 1 is 0.958 bits per heavy atom. The summed E-state index contributed by atoms with van der Waals surface area (Å²) in [5, 5.41) is 14.8. The number of benzene rings is 4. The number of carbonyl (C=O) groups is 2. The summed E-state index contributed by atoms with van der Waals surface area (Å²) in [7, 11) is -3.32. The largest absolute Gasteiger partial charge is 0.495 e. The lowest BCUT2D eigenvalue weighted by Gasteiger charge is -2.34. The zero-order valence-corrected chi connectivity index (χ0v) is 28.4. The second-order valence-corrected chi connectivity index (χ2v) is 13.3. The molecule has 252 valence electrons. The number of halogens is 1. The van der Waals surface area contributed by atoms with Gasteiger partial charge in [-0.1, -0.05) is 85.3 Å². The van der Waals surface area contributed by atoms with Gasteiger partial charge in [-0.3, -0.25) is 24.0 Å². The second-order valence-electron chi connectivity index (χ2n) is 11.0. The van der Waals surface area contributed by atoms with Crippen LogP contribution in [-0.4, -0.2) is 56.3 Å². The zero-order valence-electron chi connectivity index (χ0n) is 26.8. The third-order valence-corrected chi connectivity index (χ3v) is 9.66. The number of nitrogens with one attached hydrogen (secondary N) is 1. The van der Waals surface area contributed by atoms with Crippen LogP contribution < -0.4 is 14.4 Å². The molecule has 1 atom stereocenters. The molecular weight excluding hydrogens is 656 g/mol. The lowest BCUT2D eigenvalue weighted by molar-refractivity contribution is -0.385. The van der Waals surface area contributed by atoms with Crippen molar-refractivity contribution in [3.63, 3.8) is 0 Å². The van der Waals surface area contributed by atoms with Crippen molar-refractivity contribution in [1.82, 2.24) is 10.2 Å². The molecule has 0 saturated heterocycles. The number of carbonyl (C=O) groups excluding carboxylic acids is 2. The maximum atomic E-state index is 14.6. The summed E-state index contributed by atoms with van der Waals surface area (Å²) in [4.78, 5) is 40.4. The van der Waals surface area contributed by atoms with Gasteiger partial charge in [0.05, 0.1) is 22.6 Å². The SMILES string of the molecule is CCCNC(=O)C(Cc1ccccc1)N(Cc1ccccc1)C(=O)CN(c1cc(Cl)ccc1OC)S(=O)(=O)c1ccc(C)c([N+](=O)[O-])c1. The second kappa shape index (κ2) is 16.2. The number of amides is 2. The fourth-order valence-corrected chi connectivity index (χ4v) is 6.75. The van der Waals surface area contributed by atoms with Crippen LogP contribution in [0.2, 0.25) is 5.02 Å². The summed E-state index contributed by atoms with van der Waals surface area (Å²) in [5.74, 6) is -0.999. The maximum Gasteiger partial charge on any atom is 0.273 e. The van der Waals surface area contributed by atoms with Crippen LogP contribution in [0.3, 0.4) is 0 Å². The fraction of sp³-hybridized carbons (Fsp3) is 0.257. The van der Waals surface area contributed by atoms with E-state index in [0.717, 1.165) is 21.5 Å². The first-order chi connectivity index (χ1) is 23.0.